The molecular weight excluding hydrogens is 615 g/mol. The van der Waals surface area contributed by atoms with Gasteiger partial charge in [-0.05, 0) is 90.1 Å². The van der Waals surface area contributed by atoms with Gasteiger partial charge in [-0.2, -0.15) is 0 Å². The molecule has 242 valence electrons. The molecule has 1 aliphatic heterocycles. The summed E-state index contributed by atoms with van der Waals surface area (Å²) in [7, 11) is -1.19. The van der Waals surface area contributed by atoms with Gasteiger partial charge in [-0.3, -0.25) is 9.00 Å². The van der Waals surface area contributed by atoms with E-state index >= 15 is 0 Å². The fourth-order valence-corrected chi connectivity index (χ4v) is 7.21. The number of nitrogens with zero attached hydrogens (tertiary/aromatic N) is 2. The highest BCUT2D eigenvalue weighted by Gasteiger charge is 2.21. The number of benzene rings is 3. The molecule has 4 aromatic rings. The monoisotopic (exact) mass is 657 g/mol. The summed E-state index contributed by atoms with van der Waals surface area (Å²) < 4.78 is 24.2. The normalized spacial score (nSPS) is 13.6. The van der Waals surface area contributed by atoms with E-state index < -0.39 is 10.8 Å². The number of ether oxygens (including phenoxy) is 2. The van der Waals surface area contributed by atoms with E-state index in [0.29, 0.717) is 41.9 Å². The second-order valence-corrected chi connectivity index (χ2v) is 14.2. The van der Waals surface area contributed by atoms with Crippen LogP contribution in [0.15, 0.2) is 88.8 Å². The topological polar surface area (TPSA) is 80.8 Å². The summed E-state index contributed by atoms with van der Waals surface area (Å²) in [6, 6.07) is 21.9. The Morgan fingerprint density at radius 2 is 1.80 bits per heavy atom. The van der Waals surface area contributed by atoms with Crippen LogP contribution >= 0.6 is 11.3 Å². The number of thiazole rings is 1. The Kier molecular flexibility index (Phi) is 12.2. The van der Waals surface area contributed by atoms with Crippen LogP contribution in [0.1, 0.15) is 50.6 Å². The second kappa shape index (κ2) is 16.7. The van der Waals surface area contributed by atoms with Gasteiger partial charge in [0, 0.05) is 53.1 Å². The number of anilines is 2. The number of hydrogen-bond donors (Lipinski definition) is 1. The molecule has 0 aliphatic carbocycles. The molecule has 0 saturated carbocycles. The summed E-state index contributed by atoms with van der Waals surface area (Å²) in [5, 5.41) is 5.79. The van der Waals surface area contributed by atoms with Gasteiger partial charge in [-0.1, -0.05) is 45.4 Å². The van der Waals surface area contributed by atoms with E-state index in [1.54, 1.807) is 6.20 Å². The number of amides is 1. The van der Waals surface area contributed by atoms with E-state index in [2.05, 4.69) is 66.3 Å². The molecule has 3 aromatic carbocycles. The zero-order valence-electron chi connectivity index (χ0n) is 26.9. The molecule has 7 nitrogen and oxygen atoms in total. The van der Waals surface area contributed by atoms with Crippen molar-refractivity contribution >= 4 is 45.5 Å². The Morgan fingerprint density at radius 3 is 2.52 bits per heavy atom. The molecule has 1 amide bonds. The molecule has 0 radical (unpaired) electrons. The van der Waals surface area contributed by atoms with Gasteiger partial charge in [-0.15, -0.1) is 11.3 Å². The van der Waals surface area contributed by atoms with Gasteiger partial charge in [0.05, 0.1) is 23.2 Å². The largest absolute Gasteiger partial charge is 0.491 e. The van der Waals surface area contributed by atoms with E-state index in [1.165, 1.54) is 11.3 Å². The number of aromatic nitrogens is 1. The van der Waals surface area contributed by atoms with Crippen LogP contribution in [0.25, 0.3) is 17.2 Å². The standard InChI is InChI=1S/C37H43N3O4S2/c1-4-5-19-43-20-21-44-33-11-6-28(7-12-33)29-8-15-35-31(23-29)24-30(16-18-40(35)25-27(2)3)37(41)39-32-9-13-34(14-10-32)46(42)26-36-38-17-22-45-36/h6-15,17,22-24,27H,4-5,16,18-21,25-26H2,1-3H3,(H,39,41). The van der Waals surface area contributed by atoms with Crippen molar-refractivity contribution in [2.24, 2.45) is 5.92 Å². The molecule has 1 aromatic heterocycles. The van der Waals surface area contributed by atoms with Crippen molar-refractivity contribution in [3.63, 3.8) is 0 Å². The molecule has 1 N–H and O–H groups in total. The maximum atomic E-state index is 13.6. The van der Waals surface area contributed by atoms with Crippen molar-refractivity contribution in [3.8, 4) is 16.9 Å². The minimum atomic E-state index is -1.19. The Morgan fingerprint density at radius 1 is 1.02 bits per heavy atom. The van der Waals surface area contributed by atoms with Crippen molar-refractivity contribution in [3.05, 3.63) is 94.5 Å². The third-order valence-electron chi connectivity index (χ3n) is 7.67. The lowest BCUT2D eigenvalue weighted by Gasteiger charge is -2.27. The van der Waals surface area contributed by atoms with Gasteiger partial charge in [0.15, 0.2) is 0 Å². The minimum Gasteiger partial charge on any atom is -0.491 e. The average molecular weight is 658 g/mol. The molecule has 0 saturated heterocycles. The van der Waals surface area contributed by atoms with E-state index in [1.807, 2.05) is 47.9 Å². The predicted octanol–water partition coefficient (Wildman–Crippen LogP) is 8.20. The summed E-state index contributed by atoms with van der Waals surface area (Å²) in [4.78, 5) is 20.9. The van der Waals surface area contributed by atoms with Crippen LogP contribution in [-0.2, 0) is 26.1 Å². The molecule has 0 bridgehead atoms. The summed E-state index contributed by atoms with van der Waals surface area (Å²) in [5.41, 5.74) is 5.73. The van der Waals surface area contributed by atoms with E-state index in [0.717, 1.165) is 71.2 Å². The number of unbranched alkanes of at least 4 members (excludes halogenated alkanes) is 1. The fourth-order valence-electron chi connectivity index (χ4n) is 5.31. The van der Waals surface area contributed by atoms with Crippen LogP contribution in [0.2, 0.25) is 0 Å². The van der Waals surface area contributed by atoms with Gasteiger partial charge in [0.1, 0.15) is 17.4 Å². The Hall–Kier alpha value is -3.79. The molecule has 0 spiro atoms. The van der Waals surface area contributed by atoms with Crippen LogP contribution in [0, 0.1) is 5.92 Å². The van der Waals surface area contributed by atoms with Crippen LogP contribution in [0.3, 0.4) is 0 Å². The van der Waals surface area contributed by atoms with Gasteiger partial charge in [-0.25, -0.2) is 4.98 Å². The third-order valence-corrected chi connectivity index (χ3v) is 9.96. The lowest BCUT2D eigenvalue weighted by Crippen LogP contribution is -2.29. The lowest BCUT2D eigenvalue weighted by atomic mass is 10.00. The van der Waals surface area contributed by atoms with Crippen molar-refractivity contribution < 1.29 is 18.5 Å². The first-order chi connectivity index (χ1) is 22.4. The maximum absolute atomic E-state index is 13.6. The molecule has 2 heterocycles. The molecule has 5 rings (SSSR count). The van der Waals surface area contributed by atoms with Crippen LogP contribution in [-0.4, -0.2) is 48.0 Å². The van der Waals surface area contributed by atoms with Gasteiger partial charge >= 0.3 is 0 Å². The van der Waals surface area contributed by atoms with Crippen molar-refractivity contribution in [1.29, 1.82) is 0 Å². The molecule has 9 heteroatoms. The second-order valence-electron chi connectivity index (χ2n) is 11.8. The summed E-state index contributed by atoms with van der Waals surface area (Å²) >= 11 is 1.50. The number of rotatable bonds is 15. The number of carbonyl (C=O) groups excluding carboxylic acids is 1. The first-order valence-electron chi connectivity index (χ1n) is 16.0. The zero-order valence-corrected chi connectivity index (χ0v) is 28.5. The van der Waals surface area contributed by atoms with Gasteiger partial charge < -0.3 is 19.7 Å². The Balaban J connectivity index is 1.29. The minimum absolute atomic E-state index is 0.125. The van der Waals surface area contributed by atoms with Crippen molar-refractivity contribution in [1.82, 2.24) is 4.98 Å². The molecular formula is C37H43N3O4S2. The predicted molar refractivity (Wildman–Crippen MR) is 190 cm³/mol. The molecule has 1 unspecified atom stereocenters. The van der Waals surface area contributed by atoms with E-state index in [9.17, 15) is 9.00 Å². The number of carbonyl (C=O) groups is 1. The highest BCUT2D eigenvalue weighted by atomic mass is 32.2. The summed E-state index contributed by atoms with van der Waals surface area (Å²) in [6.45, 7) is 10.1. The van der Waals surface area contributed by atoms with Crippen LogP contribution in [0.4, 0.5) is 11.4 Å². The first-order valence-corrected chi connectivity index (χ1v) is 18.2. The fraction of sp³-hybridized carbons (Fsp3) is 0.351. The molecule has 1 aliphatic rings. The summed E-state index contributed by atoms with van der Waals surface area (Å²) in [6.07, 6.45) is 6.58. The lowest BCUT2D eigenvalue weighted by molar-refractivity contribution is -0.112. The third kappa shape index (κ3) is 9.37. The smallest absolute Gasteiger partial charge is 0.251 e. The van der Waals surface area contributed by atoms with E-state index in [-0.39, 0.29) is 5.91 Å². The Labute approximate surface area is 279 Å². The number of hydrogen-bond acceptors (Lipinski definition) is 7. The van der Waals surface area contributed by atoms with Crippen LogP contribution in [0.5, 0.6) is 5.75 Å². The number of nitrogens with one attached hydrogen (secondary N) is 1. The highest BCUT2D eigenvalue weighted by molar-refractivity contribution is 7.84. The van der Waals surface area contributed by atoms with Crippen LogP contribution < -0.4 is 15.0 Å². The van der Waals surface area contributed by atoms with Gasteiger partial charge in [0.2, 0.25) is 0 Å². The molecule has 46 heavy (non-hydrogen) atoms. The first kappa shape index (κ1) is 33.6. The van der Waals surface area contributed by atoms with Gasteiger partial charge in [0.25, 0.3) is 5.91 Å². The van der Waals surface area contributed by atoms with Crippen molar-refractivity contribution in [2.45, 2.75) is 50.7 Å². The Bertz CT molecular complexity index is 1620. The maximum Gasteiger partial charge on any atom is 0.251 e. The highest BCUT2D eigenvalue weighted by Crippen LogP contribution is 2.34. The zero-order chi connectivity index (χ0) is 32.3. The average Bonchev–Trinajstić information content (AvgIpc) is 3.50. The molecule has 1 atom stereocenters. The molecule has 0 fully saturated rings. The summed E-state index contributed by atoms with van der Waals surface area (Å²) in [5.74, 6) is 1.56. The van der Waals surface area contributed by atoms with E-state index in [4.69, 9.17) is 9.47 Å². The van der Waals surface area contributed by atoms with Crippen molar-refractivity contribution in [2.75, 3.05) is 43.1 Å². The number of fused-ring (bicyclic) bond motifs is 1. The SMILES string of the molecule is CCCCOCCOc1ccc(-c2ccc3c(c2)C=C(C(=O)Nc2ccc(S(=O)Cc4nccs4)cc2)CCN3CC(C)C)cc1. The quantitative estimate of drug-likeness (QED) is 0.130.